The number of H-pyrrole nitrogens is 1. The standard InChI is InChI=1S/C21H25FN6O3/c1-21(2,3)31-20(30)27-10-4-5-15(12-27)28-17-16(25-19(28)29)11-23-18(26-17)24-14-8-6-13(22)7-9-14/h6-9,11,15H,4-5,10,12H2,1-3H3,(H,25,29)(H,23,24,26)/t15-/m1/s1. The molecular weight excluding hydrogens is 403 g/mol. The average Bonchev–Trinajstić information content (AvgIpc) is 3.03. The molecule has 1 aliphatic heterocycles. The third kappa shape index (κ3) is 4.68. The van der Waals surface area contributed by atoms with Crippen molar-refractivity contribution in [1.82, 2.24) is 24.4 Å². The van der Waals surface area contributed by atoms with E-state index in [2.05, 4.69) is 20.3 Å². The number of aromatic nitrogens is 4. The second-order valence-electron chi connectivity index (χ2n) is 8.59. The summed E-state index contributed by atoms with van der Waals surface area (Å²) in [5.74, 6) is -0.0556. The molecule has 0 aliphatic carbocycles. The van der Waals surface area contributed by atoms with Gasteiger partial charge < -0.3 is 19.9 Å². The zero-order valence-corrected chi connectivity index (χ0v) is 17.7. The number of imidazole rings is 1. The van der Waals surface area contributed by atoms with Gasteiger partial charge in [0, 0.05) is 18.8 Å². The molecule has 0 radical (unpaired) electrons. The fourth-order valence-electron chi connectivity index (χ4n) is 3.64. The Kier molecular flexibility index (Phi) is 5.38. The summed E-state index contributed by atoms with van der Waals surface area (Å²) >= 11 is 0. The number of likely N-dealkylation sites (tertiary alicyclic amines) is 1. The van der Waals surface area contributed by atoms with Crippen LogP contribution in [0.1, 0.15) is 39.7 Å². The Bertz CT molecular complexity index is 1150. The van der Waals surface area contributed by atoms with Crippen molar-refractivity contribution in [2.24, 2.45) is 0 Å². The molecule has 1 amide bonds. The van der Waals surface area contributed by atoms with Crippen LogP contribution in [0, 0.1) is 5.82 Å². The summed E-state index contributed by atoms with van der Waals surface area (Å²) in [6, 6.07) is 5.58. The van der Waals surface area contributed by atoms with Gasteiger partial charge in [0.2, 0.25) is 5.95 Å². The first-order valence-corrected chi connectivity index (χ1v) is 10.2. The molecule has 164 valence electrons. The van der Waals surface area contributed by atoms with E-state index in [1.807, 2.05) is 20.8 Å². The van der Waals surface area contributed by atoms with E-state index >= 15 is 0 Å². The molecule has 1 atom stereocenters. The number of hydrogen-bond donors (Lipinski definition) is 2. The highest BCUT2D eigenvalue weighted by Crippen LogP contribution is 2.25. The Morgan fingerprint density at radius 2 is 2.03 bits per heavy atom. The smallest absolute Gasteiger partial charge is 0.410 e. The van der Waals surface area contributed by atoms with Crippen LogP contribution in [0.2, 0.25) is 0 Å². The Hall–Kier alpha value is -3.43. The zero-order chi connectivity index (χ0) is 22.2. The van der Waals surface area contributed by atoms with Gasteiger partial charge >= 0.3 is 11.8 Å². The van der Waals surface area contributed by atoms with E-state index in [-0.39, 0.29) is 23.5 Å². The quantitative estimate of drug-likeness (QED) is 0.661. The minimum Gasteiger partial charge on any atom is -0.444 e. The molecular formula is C21H25FN6O3. The van der Waals surface area contributed by atoms with Crippen LogP contribution in [0.4, 0.5) is 20.8 Å². The maximum Gasteiger partial charge on any atom is 0.410 e. The average molecular weight is 428 g/mol. The predicted octanol–water partition coefficient (Wildman–Crippen LogP) is 3.57. The lowest BCUT2D eigenvalue weighted by atomic mass is 10.1. The largest absolute Gasteiger partial charge is 0.444 e. The zero-order valence-electron chi connectivity index (χ0n) is 17.7. The van der Waals surface area contributed by atoms with Crippen molar-refractivity contribution >= 4 is 28.9 Å². The number of piperidine rings is 1. The van der Waals surface area contributed by atoms with Crippen molar-refractivity contribution in [3.05, 3.63) is 46.8 Å². The van der Waals surface area contributed by atoms with Crippen LogP contribution >= 0.6 is 0 Å². The van der Waals surface area contributed by atoms with Gasteiger partial charge in [0.25, 0.3) is 0 Å². The van der Waals surface area contributed by atoms with Gasteiger partial charge in [-0.2, -0.15) is 4.98 Å². The first-order valence-electron chi connectivity index (χ1n) is 10.2. The van der Waals surface area contributed by atoms with E-state index in [4.69, 9.17) is 4.74 Å². The minimum atomic E-state index is -0.588. The van der Waals surface area contributed by atoms with Crippen molar-refractivity contribution < 1.29 is 13.9 Å². The van der Waals surface area contributed by atoms with Crippen molar-refractivity contribution in [2.45, 2.75) is 45.3 Å². The number of carbonyl (C=O) groups is 1. The fourth-order valence-corrected chi connectivity index (χ4v) is 3.64. The molecule has 3 heterocycles. The number of halogens is 1. The van der Waals surface area contributed by atoms with Crippen LogP contribution < -0.4 is 11.0 Å². The second kappa shape index (κ2) is 8.01. The normalized spacial score (nSPS) is 17.0. The molecule has 0 spiro atoms. The third-order valence-corrected chi connectivity index (χ3v) is 4.97. The molecule has 0 unspecified atom stereocenters. The highest BCUT2D eigenvalue weighted by Gasteiger charge is 2.30. The summed E-state index contributed by atoms with van der Waals surface area (Å²) in [6.07, 6.45) is 2.62. The van der Waals surface area contributed by atoms with E-state index in [1.54, 1.807) is 21.6 Å². The number of aromatic amines is 1. The summed E-state index contributed by atoms with van der Waals surface area (Å²) in [4.78, 5) is 38.3. The van der Waals surface area contributed by atoms with E-state index in [1.165, 1.54) is 18.3 Å². The number of ether oxygens (including phenoxy) is 1. The Morgan fingerprint density at radius 3 is 2.74 bits per heavy atom. The summed E-state index contributed by atoms with van der Waals surface area (Å²) < 4.78 is 20.2. The number of fused-ring (bicyclic) bond motifs is 1. The van der Waals surface area contributed by atoms with Gasteiger partial charge in [-0.3, -0.25) is 4.57 Å². The van der Waals surface area contributed by atoms with Gasteiger partial charge in [0.05, 0.1) is 12.2 Å². The molecule has 31 heavy (non-hydrogen) atoms. The highest BCUT2D eigenvalue weighted by molar-refractivity contribution is 5.72. The molecule has 1 saturated heterocycles. The molecule has 0 bridgehead atoms. The SMILES string of the molecule is CC(C)(C)OC(=O)N1CCC[C@@H](n2c(=O)[nH]c3cnc(Nc4ccc(F)cc4)nc32)C1. The van der Waals surface area contributed by atoms with Crippen LogP contribution in [0.25, 0.3) is 11.2 Å². The lowest BCUT2D eigenvalue weighted by Gasteiger charge is -2.34. The lowest BCUT2D eigenvalue weighted by molar-refractivity contribution is 0.0172. The van der Waals surface area contributed by atoms with E-state index in [0.717, 1.165) is 12.8 Å². The van der Waals surface area contributed by atoms with Crippen LogP contribution in [0.15, 0.2) is 35.3 Å². The molecule has 1 aliphatic rings. The number of nitrogens with one attached hydrogen (secondary N) is 2. The number of rotatable bonds is 3. The van der Waals surface area contributed by atoms with E-state index < -0.39 is 11.7 Å². The number of anilines is 2. The van der Waals surface area contributed by atoms with Gasteiger partial charge in [-0.1, -0.05) is 0 Å². The molecule has 2 aromatic heterocycles. The van der Waals surface area contributed by atoms with E-state index in [9.17, 15) is 14.0 Å². The number of nitrogens with zero attached hydrogens (tertiary/aromatic N) is 4. The maximum absolute atomic E-state index is 13.1. The second-order valence-corrected chi connectivity index (χ2v) is 8.59. The number of amides is 1. The molecule has 2 N–H and O–H groups in total. The fraction of sp³-hybridized carbons (Fsp3) is 0.429. The summed E-state index contributed by atoms with van der Waals surface area (Å²) in [5.41, 5.74) is 0.679. The Balaban J connectivity index is 1.60. The molecule has 0 saturated carbocycles. The molecule has 9 nitrogen and oxygen atoms in total. The lowest BCUT2D eigenvalue weighted by Crippen LogP contribution is -2.44. The monoisotopic (exact) mass is 428 g/mol. The van der Waals surface area contributed by atoms with Gasteiger partial charge in [-0.15, -0.1) is 0 Å². The van der Waals surface area contributed by atoms with Crippen LogP contribution in [-0.4, -0.2) is 49.2 Å². The van der Waals surface area contributed by atoms with Crippen molar-refractivity contribution in [2.75, 3.05) is 18.4 Å². The third-order valence-electron chi connectivity index (χ3n) is 4.97. The predicted molar refractivity (Wildman–Crippen MR) is 114 cm³/mol. The summed E-state index contributed by atoms with van der Waals surface area (Å²) in [7, 11) is 0. The molecule has 10 heteroatoms. The Morgan fingerprint density at radius 1 is 1.29 bits per heavy atom. The van der Waals surface area contributed by atoms with Crippen LogP contribution in [0.5, 0.6) is 0 Å². The van der Waals surface area contributed by atoms with Crippen molar-refractivity contribution in [1.29, 1.82) is 0 Å². The number of carbonyl (C=O) groups excluding carboxylic acids is 1. The molecule has 4 rings (SSSR count). The number of hydrogen-bond acceptors (Lipinski definition) is 6. The first-order chi connectivity index (χ1) is 14.7. The number of benzene rings is 1. The summed E-state index contributed by atoms with van der Waals surface area (Å²) in [6.45, 7) is 6.40. The minimum absolute atomic E-state index is 0.240. The molecule has 3 aromatic rings. The van der Waals surface area contributed by atoms with Gasteiger partial charge in [0.15, 0.2) is 5.65 Å². The van der Waals surface area contributed by atoms with E-state index in [0.29, 0.717) is 29.9 Å². The molecule has 1 aromatic carbocycles. The van der Waals surface area contributed by atoms with Gasteiger partial charge in [0.1, 0.15) is 16.9 Å². The summed E-state index contributed by atoms with van der Waals surface area (Å²) in [5, 5.41) is 3.01. The topological polar surface area (TPSA) is 105 Å². The highest BCUT2D eigenvalue weighted by atomic mass is 19.1. The van der Waals surface area contributed by atoms with Gasteiger partial charge in [-0.05, 0) is 57.9 Å². The Labute approximate surface area is 178 Å². The first kappa shape index (κ1) is 20.8. The van der Waals surface area contributed by atoms with Crippen molar-refractivity contribution in [3.8, 4) is 0 Å². The van der Waals surface area contributed by atoms with Crippen LogP contribution in [0.3, 0.4) is 0 Å². The van der Waals surface area contributed by atoms with Crippen molar-refractivity contribution in [3.63, 3.8) is 0 Å². The van der Waals surface area contributed by atoms with Crippen LogP contribution in [-0.2, 0) is 4.74 Å². The maximum atomic E-state index is 13.1. The van der Waals surface area contributed by atoms with Gasteiger partial charge in [-0.25, -0.2) is 19.0 Å². The molecule has 1 fully saturated rings.